The Kier molecular flexibility index (Phi) is 6.32. The van der Waals surface area contributed by atoms with Crippen LogP contribution in [0.4, 0.5) is 0 Å². The second-order valence-corrected chi connectivity index (χ2v) is 5.31. The van der Waals surface area contributed by atoms with E-state index in [0.717, 1.165) is 17.1 Å². The van der Waals surface area contributed by atoms with Crippen molar-refractivity contribution < 1.29 is 0 Å². The molecule has 1 nitrogen and oxygen atoms in total. The molecule has 1 aromatic rings. The van der Waals surface area contributed by atoms with Gasteiger partial charge in [-0.3, -0.25) is 0 Å². The van der Waals surface area contributed by atoms with E-state index in [1.165, 1.54) is 12.8 Å². The summed E-state index contributed by atoms with van der Waals surface area (Å²) in [6.07, 6.45) is 2.38. The van der Waals surface area contributed by atoms with Crippen molar-refractivity contribution in [2.24, 2.45) is 5.92 Å². The van der Waals surface area contributed by atoms with Crippen molar-refractivity contribution in [3.8, 4) is 0 Å². The minimum absolute atomic E-state index is 0.310. The Morgan fingerprint density at radius 2 is 1.94 bits per heavy atom. The van der Waals surface area contributed by atoms with Gasteiger partial charge in [0.25, 0.3) is 0 Å². The van der Waals surface area contributed by atoms with Crippen LogP contribution in [0.15, 0.2) is 18.2 Å². The van der Waals surface area contributed by atoms with Crippen LogP contribution in [0.1, 0.15) is 45.2 Å². The van der Waals surface area contributed by atoms with Crippen LogP contribution in [0.5, 0.6) is 0 Å². The lowest BCUT2D eigenvalue weighted by molar-refractivity contribution is 0.369. The normalized spacial score (nSPS) is 14.6. The summed E-state index contributed by atoms with van der Waals surface area (Å²) in [5.41, 5.74) is 1.15. The fourth-order valence-electron chi connectivity index (χ4n) is 2.21. The molecule has 0 fully saturated rings. The Morgan fingerprint density at radius 3 is 2.47 bits per heavy atom. The van der Waals surface area contributed by atoms with E-state index in [-0.39, 0.29) is 0 Å². The quantitative estimate of drug-likeness (QED) is 0.762. The SMILES string of the molecule is CCCC(C)C(NCC)c1ccc(Cl)cc1Cl. The third-order valence-corrected chi connectivity index (χ3v) is 3.60. The van der Waals surface area contributed by atoms with Gasteiger partial charge in [0.1, 0.15) is 0 Å². The Labute approximate surface area is 115 Å². The van der Waals surface area contributed by atoms with E-state index in [1.54, 1.807) is 0 Å². The fourth-order valence-corrected chi connectivity index (χ4v) is 2.74. The van der Waals surface area contributed by atoms with Crippen molar-refractivity contribution in [2.75, 3.05) is 6.54 Å². The van der Waals surface area contributed by atoms with Crippen LogP contribution >= 0.6 is 23.2 Å². The first-order valence-corrected chi connectivity index (χ1v) is 7.04. The van der Waals surface area contributed by atoms with Crippen molar-refractivity contribution in [1.29, 1.82) is 0 Å². The zero-order valence-electron chi connectivity index (χ0n) is 10.8. The molecule has 0 heterocycles. The van der Waals surface area contributed by atoms with E-state index in [0.29, 0.717) is 17.0 Å². The number of rotatable bonds is 6. The number of hydrogen-bond acceptors (Lipinski definition) is 1. The van der Waals surface area contributed by atoms with Gasteiger partial charge in [-0.05, 0) is 36.6 Å². The molecule has 0 aliphatic heterocycles. The van der Waals surface area contributed by atoms with Crippen LogP contribution < -0.4 is 5.32 Å². The van der Waals surface area contributed by atoms with Crippen LogP contribution in [0, 0.1) is 5.92 Å². The van der Waals surface area contributed by atoms with E-state index in [4.69, 9.17) is 23.2 Å². The van der Waals surface area contributed by atoms with Crippen molar-refractivity contribution in [2.45, 2.75) is 39.7 Å². The largest absolute Gasteiger partial charge is 0.310 e. The van der Waals surface area contributed by atoms with Gasteiger partial charge in [0.2, 0.25) is 0 Å². The molecular formula is C14H21Cl2N. The maximum absolute atomic E-state index is 6.28. The standard InChI is InChI=1S/C14H21Cl2N/c1-4-6-10(3)14(17-5-2)12-8-7-11(15)9-13(12)16/h7-10,14,17H,4-6H2,1-3H3. The average Bonchev–Trinajstić information content (AvgIpc) is 2.27. The summed E-state index contributed by atoms with van der Waals surface area (Å²) in [7, 11) is 0. The second-order valence-electron chi connectivity index (χ2n) is 4.47. The summed E-state index contributed by atoms with van der Waals surface area (Å²) < 4.78 is 0. The number of hydrogen-bond donors (Lipinski definition) is 1. The molecule has 0 bridgehead atoms. The molecule has 0 saturated heterocycles. The lowest BCUT2D eigenvalue weighted by atomic mass is 9.91. The highest BCUT2D eigenvalue weighted by Gasteiger charge is 2.20. The molecule has 0 aliphatic carbocycles. The van der Waals surface area contributed by atoms with Crippen LogP contribution in [-0.2, 0) is 0 Å². The van der Waals surface area contributed by atoms with Gasteiger partial charge in [-0.25, -0.2) is 0 Å². The van der Waals surface area contributed by atoms with Crippen LogP contribution in [0.3, 0.4) is 0 Å². The Bertz CT molecular complexity index is 352. The van der Waals surface area contributed by atoms with Gasteiger partial charge in [0, 0.05) is 16.1 Å². The van der Waals surface area contributed by atoms with Gasteiger partial charge in [-0.15, -0.1) is 0 Å². The first-order chi connectivity index (χ1) is 8.10. The van der Waals surface area contributed by atoms with Crippen molar-refractivity contribution >= 4 is 23.2 Å². The van der Waals surface area contributed by atoms with Gasteiger partial charge in [0.05, 0.1) is 0 Å². The second kappa shape index (κ2) is 7.25. The zero-order valence-corrected chi connectivity index (χ0v) is 12.3. The molecule has 1 N–H and O–H groups in total. The molecule has 1 aromatic carbocycles. The molecule has 2 unspecified atom stereocenters. The summed E-state index contributed by atoms with van der Waals surface area (Å²) in [5.74, 6) is 0.568. The molecule has 3 heteroatoms. The van der Waals surface area contributed by atoms with E-state index < -0.39 is 0 Å². The van der Waals surface area contributed by atoms with Crippen LogP contribution in [-0.4, -0.2) is 6.54 Å². The molecule has 0 aliphatic rings. The smallest absolute Gasteiger partial charge is 0.0468 e. The monoisotopic (exact) mass is 273 g/mol. The maximum Gasteiger partial charge on any atom is 0.0468 e. The van der Waals surface area contributed by atoms with Gasteiger partial charge < -0.3 is 5.32 Å². The third-order valence-electron chi connectivity index (χ3n) is 3.03. The third kappa shape index (κ3) is 4.17. The molecular weight excluding hydrogens is 253 g/mol. The number of nitrogens with one attached hydrogen (secondary N) is 1. The average molecular weight is 274 g/mol. The molecule has 17 heavy (non-hydrogen) atoms. The zero-order chi connectivity index (χ0) is 12.8. The van der Waals surface area contributed by atoms with E-state index >= 15 is 0 Å². The lowest BCUT2D eigenvalue weighted by Crippen LogP contribution is -2.27. The molecule has 96 valence electrons. The molecule has 0 amide bonds. The number of benzene rings is 1. The summed E-state index contributed by atoms with van der Waals surface area (Å²) in [4.78, 5) is 0. The fraction of sp³-hybridized carbons (Fsp3) is 0.571. The molecule has 0 aromatic heterocycles. The molecule has 2 atom stereocenters. The predicted octanol–water partition coefficient (Wildman–Crippen LogP) is 5.08. The van der Waals surface area contributed by atoms with Gasteiger partial charge in [0.15, 0.2) is 0 Å². The highest BCUT2D eigenvalue weighted by atomic mass is 35.5. The van der Waals surface area contributed by atoms with Crippen molar-refractivity contribution in [3.05, 3.63) is 33.8 Å². The molecule has 0 saturated carbocycles. The first kappa shape index (κ1) is 14.8. The number of halogens is 2. The van der Waals surface area contributed by atoms with Gasteiger partial charge in [-0.1, -0.05) is 56.5 Å². The minimum Gasteiger partial charge on any atom is -0.310 e. The Morgan fingerprint density at radius 1 is 1.24 bits per heavy atom. The maximum atomic E-state index is 6.28. The topological polar surface area (TPSA) is 12.0 Å². The van der Waals surface area contributed by atoms with E-state index in [9.17, 15) is 0 Å². The van der Waals surface area contributed by atoms with Crippen LogP contribution in [0.2, 0.25) is 10.0 Å². The Balaban J connectivity index is 2.96. The summed E-state index contributed by atoms with van der Waals surface area (Å²) >= 11 is 12.2. The summed E-state index contributed by atoms with van der Waals surface area (Å²) in [6.45, 7) is 7.54. The predicted molar refractivity (Wildman–Crippen MR) is 77.0 cm³/mol. The van der Waals surface area contributed by atoms with Crippen molar-refractivity contribution in [3.63, 3.8) is 0 Å². The Hall–Kier alpha value is -0.240. The lowest BCUT2D eigenvalue weighted by Gasteiger charge is -2.26. The summed E-state index contributed by atoms with van der Waals surface area (Å²) in [5, 5.41) is 4.96. The van der Waals surface area contributed by atoms with Crippen molar-refractivity contribution in [1.82, 2.24) is 5.32 Å². The minimum atomic E-state index is 0.310. The van der Waals surface area contributed by atoms with Crippen LogP contribution in [0.25, 0.3) is 0 Å². The van der Waals surface area contributed by atoms with Gasteiger partial charge >= 0.3 is 0 Å². The first-order valence-electron chi connectivity index (χ1n) is 6.28. The highest BCUT2D eigenvalue weighted by Crippen LogP contribution is 2.32. The van der Waals surface area contributed by atoms with Gasteiger partial charge in [-0.2, -0.15) is 0 Å². The highest BCUT2D eigenvalue weighted by molar-refractivity contribution is 6.35. The molecule has 0 spiro atoms. The molecule has 1 rings (SSSR count). The van der Waals surface area contributed by atoms with E-state index in [2.05, 4.69) is 26.1 Å². The summed E-state index contributed by atoms with van der Waals surface area (Å²) in [6, 6.07) is 6.07. The molecule has 0 radical (unpaired) electrons. The van der Waals surface area contributed by atoms with E-state index in [1.807, 2.05) is 18.2 Å².